The standard InChI is InChI=1S/C9H16O4/c1-5(2)13-7(4)8(6(3)10)9(11)12/h5,7-8H,1-4H3,(H,11,12). The van der Waals surface area contributed by atoms with E-state index in [0.717, 1.165) is 0 Å². The predicted molar refractivity (Wildman–Crippen MR) is 47.5 cm³/mol. The second kappa shape index (κ2) is 4.97. The molecule has 2 unspecified atom stereocenters. The van der Waals surface area contributed by atoms with Gasteiger partial charge in [0.05, 0.1) is 12.2 Å². The predicted octanol–water partition coefficient (Wildman–Crippen LogP) is 1.09. The first-order valence-corrected chi connectivity index (χ1v) is 4.25. The van der Waals surface area contributed by atoms with Gasteiger partial charge in [-0.15, -0.1) is 0 Å². The Kier molecular flexibility index (Phi) is 4.62. The van der Waals surface area contributed by atoms with E-state index in [4.69, 9.17) is 9.84 Å². The van der Waals surface area contributed by atoms with E-state index in [1.807, 2.05) is 0 Å². The number of carboxylic acids is 1. The highest BCUT2D eigenvalue weighted by Crippen LogP contribution is 2.11. The van der Waals surface area contributed by atoms with Crippen LogP contribution in [0.3, 0.4) is 0 Å². The Bertz CT molecular complexity index is 184. The molecule has 0 bridgehead atoms. The Morgan fingerprint density at radius 1 is 1.23 bits per heavy atom. The SMILES string of the molecule is CC(=O)C(C(=O)O)C(C)OC(C)C. The molecule has 0 amide bonds. The van der Waals surface area contributed by atoms with Crippen molar-refractivity contribution in [3.05, 3.63) is 0 Å². The van der Waals surface area contributed by atoms with Gasteiger partial charge in [0.15, 0.2) is 0 Å². The van der Waals surface area contributed by atoms with Crippen molar-refractivity contribution in [2.75, 3.05) is 0 Å². The summed E-state index contributed by atoms with van der Waals surface area (Å²) >= 11 is 0. The molecule has 4 nitrogen and oxygen atoms in total. The molecule has 0 heterocycles. The van der Waals surface area contributed by atoms with Gasteiger partial charge in [0.2, 0.25) is 0 Å². The molecule has 0 saturated carbocycles. The van der Waals surface area contributed by atoms with Gasteiger partial charge in [-0.1, -0.05) is 0 Å². The van der Waals surface area contributed by atoms with Gasteiger partial charge in [0.1, 0.15) is 11.7 Å². The number of carbonyl (C=O) groups excluding carboxylic acids is 1. The van der Waals surface area contributed by atoms with E-state index in [-0.39, 0.29) is 11.9 Å². The fourth-order valence-corrected chi connectivity index (χ4v) is 1.21. The van der Waals surface area contributed by atoms with Crippen LogP contribution in [0.2, 0.25) is 0 Å². The quantitative estimate of drug-likeness (QED) is 0.656. The summed E-state index contributed by atoms with van der Waals surface area (Å²) in [6, 6.07) is 0. The number of ketones is 1. The normalized spacial score (nSPS) is 15.5. The molecule has 0 aromatic heterocycles. The largest absolute Gasteiger partial charge is 0.481 e. The minimum Gasteiger partial charge on any atom is -0.481 e. The van der Waals surface area contributed by atoms with Crippen molar-refractivity contribution in [1.82, 2.24) is 0 Å². The van der Waals surface area contributed by atoms with Crippen LogP contribution in [-0.2, 0) is 14.3 Å². The summed E-state index contributed by atoms with van der Waals surface area (Å²) in [6.45, 7) is 6.46. The Morgan fingerprint density at radius 3 is 1.92 bits per heavy atom. The number of hydrogen-bond donors (Lipinski definition) is 1. The molecule has 0 fully saturated rings. The zero-order valence-corrected chi connectivity index (χ0v) is 8.40. The number of rotatable bonds is 5. The average molecular weight is 188 g/mol. The van der Waals surface area contributed by atoms with Crippen molar-refractivity contribution in [3.8, 4) is 0 Å². The van der Waals surface area contributed by atoms with Crippen LogP contribution in [-0.4, -0.2) is 29.1 Å². The van der Waals surface area contributed by atoms with Gasteiger partial charge in [-0.25, -0.2) is 0 Å². The van der Waals surface area contributed by atoms with Crippen molar-refractivity contribution in [2.45, 2.75) is 39.9 Å². The van der Waals surface area contributed by atoms with Crippen molar-refractivity contribution in [2.24, 2.45) is 5.92 Å². The summed E-state index contributed by atoms with van der Waals surface area (Å²) < 4.78 is 5.23. The lowest BCUT2D eigenvalue weighted by Gasteiger charge is -2.20. The summed E-state index contributed by atoms with van der Waals surface area (Å²) in [5.41, 5.74) is 0. The van der Waals surface area contributed by atoms with Crippen LogP contribution in [0.15, 0.2) is 0 Å². The maximum absolute atomic E-state index is 10.9. The van der Waals surface area contributed by atoms with Gasteiger partial charge in [-0.05, 0) is 27.7 Å². The average Bonchev–Trinajstić information content (AvgIpc) is 1.81. The third kappa shape index (κ3) is 4.03. The lowest BCUT2D eigenvalue weighted by Crippen LogP contribution is -2.35. The topological polar surface area (TPSA) is 63.6 Å². The number of carbonyl (C=O) groups is 2. The van der Waals surface area contributed by atoms with Crippen molar-refractivity contribution >= 4 is 11.8 Å². The van der Waals surface area contributed by atoms with Gasteiger partial charge < -0.3 is 9.84 Å². The number of hydrogen-bond acceptors (Lipinski definition) is 3. The zero-order valence-electron chi connectivity index (χ0n) is 8.40. The first-order chi connectivity index (χ1) is 5.86. The van der Waals surface area contributed by atoms with E-state index in [0.29, 0.717) is 0 Å². The fraction of sp³-hybridized carbons (Fsp3) is 0.778. The van der Waals surface area contributed by atoms with Crippen LogP contribution in [0.5, 0.6) is 0 Å². The van der Waals surface area contributed by atoms with Gasteiger partial charge in [0.25, 0.3) is 0 Å². The first kappa shape index (κ1) is 12.1. The summed E-state index contributed by atoms with van der Waals surface area (Å²) in [5, 5.41) is 8.73. The molecule has 0 aliphatic carbocycles. The van der Waals surface area contributed by atoms with Gasteiger partial charge in [-0.3, -0.25) is 9.59 Å². The van der Waals surface area contributed by atoms with E-state index in [9.17, 15) is 9.59 Å². The molecular weight excluding hydrogens is 172 g/mol. The summed E-state index contributed by atoms with van der Waals surface area (Å²) in [5.74, 6) is -2.55. The van der Waals surface area contributed by atoms with E-state index in [1.165, 1.54) is 6.92 Å². The molecule has 0 aromatic rings. The smallest absolute Gasteiger partial charge is 0.316 e. The van der Waals surface area contributed by atoms with Crippen LogP contribution in [0.1, 0.15) is 27.7 Å². The maximum Gasteiger partial charge on any atom is 0.316 e. The monoisotopic (exact) mass is 188 g/mol. The first-order valence-electron chi connectivity index (χ1n) is 4.25. The molecule has 4 heteroatoms. The van der Waals surface area contributed by atoms with Crippen LogP contribution >= 0.6 is 0 Å². The Balaban J connectivity index is 4.37. The molecule has 76 valence electrons. The van der Waals surface area contributed by atoms with Gasteiger partial charge in [-0.2, -0.15) is 0 Å². The second-order valence-corrected chi connectivity index (χ2v) is 3.32. The number of aliphatic carboxylic acids is 1. The lowest BCUT2D eigenvalue weighted by molar-refractivity contribution is -0.153. The van der Waals surface area contributed by atoms with Crippen molar-refractivity contribution in [3.63, 3.8) is 0 Å². The Morgan fingerprint density at radius 2 is 1.69 bits per heavy atom. The number of Topliss-reactive ketones (excluding diaryl/α,β-unsaturated/α-hetero) is 1. The summed E-state index contributed by atoms with van der Waals surface area (Å²) in [6.07, 6.45) is -0.647. The second-order valence-electron chi connectivity index (χ2n) is 3.32. The maximum atomic E-state index is 10.9. The highest BCUT2D eigenvalue weighted by molar-refractivity contribution is 5.97. The molecule has 13 heavy (non-hydrogen) atoms. The third-order valence-electron chi connectivity index (χ3n) is 1.66. The molecular formula is C9H16O4. The minimum absolute atomic E-state index is 0.0730. The summed E-state index contributed by atoms with van der Waals surface area (Å²) in [7, 11) is 0. The van der Waals surface area contributed by atoms with Crippen molar-refractivity contribution < 1.29 is 19.4 Å². The zero-order chi connectivity index (χ0) is 10.6. The third-order valence-corrected chi connectivity index (χ3v) is 1.66. The molecule has 1 N–H and O–H groups in total. The van der Waals surface area contributed by atoms with Crippen LogP contribution in [0, 0.1) is 5.92 Å². The fourth-order valence-electron chi connectivity index (χ4n) is 1.21. The van der Waals surface area contributed by atoms with Crippen LogP contribution in [0.25, 0.3) is 0 Å². The minimum atomic E-state index is -1.12. The highest BCUT2D eigenvalue weighted by Gasteiger charge is 2.30. The molecule has 0 spiro atoms. The molecule has 0 aliphatic heterocycles. The number of carboxylic acid groups (broad SMARTS) is 1. The van der Waals surface area contributed by atoms with E-state index >= 15 is 0 Å². The molecule has 0 aliphatic rings. The Labute approximate surface area is 77.9 Å². The molecule has 0 radical (unpaired) electrons. The van der Waals surface area contributed by atoms with E-state index in [1.54, 1.807) is 20.8 Å². The van der Waals surface area contributed by atoms with Gasteiger partial charge >= 0.3 is 5.97 Å². The Hall–Kier alpha value is -0.900. The van der Waals surface area contributed by atoms with Crippen LogP contribution in [0.4, 0.5) is 0 Å². The molecule has 0 aromatic carbocycles. The lowest BCUT2D eigenvalue weighted by atomic mass is 9.99. The van der Waals surface area contributed by atoms with Gasteiger partial charge in [0, 0.05) is 0 Å². The van der Waals surface area contributed by atoms with E-state index < -0.39 is 18.0 Å². The van der Waals surface area contributed by atoms with Crippen molar-refractivity contribution in [1.29, 1.82) is 0 Å². The van der Waals surface area contributed by atoms with E-state index in [2.05, 4.69) is 0 Å². The number of ether oxygens (including phenoxy) is 1. The van der Waals surface area contributed by atoms with Crippen LogP contribution < -0.4 is 0 Å². The molecule has 0 saturated heterocycles. The molecule has 0 rings (SSSR count). The molecule has 2 atom stereocenters. The highest BCUT2D eigenvalue weighted by atomic mass is 16.5. The summed E-state index contributed by atoms with van der Waals surface area (Å²) in [4.78, 5) is 21.6.